The maximum Gasteiger partial charge on any atom is 0.181 e. The van der Waals surface area contributed by atoms with Crippen LogP contribution in [0.25, 0.3) is 5.65 Å². The molecule has 2 aromatic carbocycles. The maximum atomic E-state index is 6.24. The molecule has 1 fully saturated rings. The first-order chi connectivity index (χ1) is 15.8. The lowest BCUT2D eigenvalue weighted by molar-refractivity contribution is 0.308. The highest BCUT2D eigenvalue weighted by Crippen LogP contribution is 2.35. The minimum atomic E-state index is 0.184. The van der Waals surface area contributed by atoms with Crippen LogP contribution in [0.15, 0.2) is 79.0 Å². The van der Waals surface area contributed by atoms with Gasteiger partial charge in [0.05, 0.1) is 5.69 Å². The smallest absolute Gasteiger partial charge is 0.181 e. The third kappa shape index (κ3) is 4.36. The number of anilines is 1. The van der Waals surface area contributed by atoms with Gasteiger partial charge in [-0.25, -0.2) is 4.98 Å². The number of rotatable bonds is 7. The SMILES string of the molecule is CC(c1ccccc1)c1nc2c(OCc3ccccc3)cccn2c1NC1CCCCC1. The number of nitrogens with zero attached hydrogens (tertiary/aromatic N) is 2. The molecule has 0 aliphatic heterocycles. The molecule has 1 unspecified atom stereocenters. The summed E-state index contributed by atoms with van der Waals surface area (Å²) < 4.78 is 8.42. The number of nitrogens with one attached hydrogen (secondary N) is 1. The zero-order valence-corrected chi connectivity index (χ0v) is 18.7. The van der Waals surface area contributed by atoms with Crippen LogP contribution in [0.3, 0.4) is 0 Å². The topological polar surface area (TPSA) is 38.6 Å². The van der Waals surface area contributed by atoms with E-state index in [1.807, 2.05) is 24.3 Å². The van der Waals surface area contributed by atoms with Crippen molar-refractivity contribution < 1.29 is 4.74 Å². The van der Waals surface area contributed by atoms with Gasteiger partial charge in [-0.1, -0.05) is 86.8 Å². The average molecular weight is 426 g/mol. The molecule has 4 aromatic rings. The first-order valence-electron chi connectivity index (χ1n) is 11.8. The molecule has 1 atom stereocenters. The molecule has 2 aromatic heterocycles. The fraction of sp³-hybridized carbons (Fsp3) is 0.321. The van der Waals surface area contributed by atoms with E-state index in [9.17, 15) is 0 Å². The predicted octanol–water partition coefficient (Wildman–Crippen LogP) is 6.81. The Balaban J connectivity index is 1.53. The van der Waals surface area contributed by atoms with E-state index >= 15 is 0 Å². The summed E-state index contributed by atoms with van der Waals surface area (Å²) in [6, 6.07) is 25.5. The van der Waals surface area contributed by atoms with Crippen LogP contribution in [0.5, 0.6) is 5.75 Å². The van der Waals surface area contributed by atoms with Gasteiger partial charge in [-0.05, 0) is 36.1 Å². The predicted molar refractivity (Wildman–Crippen MR) is 130 cm³/mol. The number of benzene rings is 2. The average Bonchev–Trinajstić information content (AvgIpc) is 3.23. The van der Waals surface area contributed by atoms with Crippen molar-refractivity contribution in [2.24, 2.45) is 0 Å². The van der Waals surface area contributed by atoms with E-state index in [0.717, 1.165) is 28.5 Å². The molecule has 5 rings (SSSR count). The Kier molecular flexibility index (Phi) is 6.11. The van der Waals surface area contributed by atoms with E-state index < -0.39 is 0 Å². The Labute approximate surface area is 190 Å². The van der Waals surface area contributed by atoms with Crippen molar-refractivity contribution in [3.63, 3.8) is 0 Å². The molecule has 4 nitrogen and oxygen atoms in total. The van der Waals surface area contributed by atoms with Crippen molar-refractivity contribution >= 4 is 11.5 Å². The molecule has 0 spiro atoms. The molecule has 0 radical (unpaired) electrons. The third-order valence-corrected chi connectivity index (χ3v) is 6.53. The van der Waals surface area contributed by atoms with Crippen LogP contribution in [0, 0.1) is 0 Å². The second-order valence-electron chi connectivity index (χ2n) is 8.80. The number of aromatic nitrogens is 2. The molecule has 0 bridgehead atoms. The Morgan fingerprint density at radius 3 is 2.41 bits per heavy atom. The second kappa shape index (κ2) is 9.47. The number of pyridine rings is 1. The molecular weight excluding hydrogens is 394 g/mol. The first-order valence-corrected chi connectivity index (χ1v) is 11.8. The normalized spacial score (nSPS) is 15.5. The van der Waals surface area contributed by atoms with Crippen molar-refractivity contribution in [3.8, 4) is 5.75 Å². The number of hydrogen-bond donors (Lipinski definition) is 1. The summed E-state index contributed by atoms with van der Waals surface area (Å²) in [5.74, 6) is 2.10. The van der Waals surface area contributed by atoms with Gasteiger partial charge < -0.3 is 10.1 Å². The van der Waals surface area contributed by atoms with E-state index in [-0.39, 0.29) is 5.92 Å². The second-order valence-corrected chi connectivity index (χ2v) is 8.80. The van der Waals surface area contributed by atoms with E-state index in [4.69, 9.17) is 9.72 Å². The van der Waals surface area contributed by atoms with Crippen LogP contribution >= 0.6 is 0 Å². The van der Waals surface area contributed by atoms with Crippen LogP contribution in [0.2, 0.25) is 0 Å². The summed E-state index contributed by atoms with van der Waals surface area (Å²) in [7, 11) is 0. The summed E-state index contributed by atoms with van der Waals surface area (Å²) in [4.78, 5) is 5.14. The van der Waals surface area contributed by atoms with Crippen LogP contribution in [0.1, 0.15) is 61.8 Å². The zero-order chi connectivity index (χ0) is 21.8. The molecule has 4 heteroatoms. The maximum absolute atomic E-state index is 6.24. The molecule has 0 amide bonds. The van der Waals surface area contributed by atoms with E-state index in [1.165, 1.54) is 37.7 Å². The largest absolute Gasteiger partial charge is 0.485 e. The monoisotopic (exact) mass is 425 g/mol. The highest BCUT2D eigenvalue weighted by molar-refractivity contribution is 5.64. The zero-order valence-electron chi connectivity index (χ0n) is 18.7. The van der Waals surface area contributed by atoms with Gasteiger partial charge in [0, 0.05) is 18.2 Å². The fourth-order valence-electron chi connectivity index (χ4n) is 4.69. The minimum Gasteiger partial charge on any atom is -0.485 e. The number of hydrogen-bond acceptors (Lipinski definition) is 3. The molecule has 1 N–H and O–H groups in total. The highest BCUT2D eigenvalue weighted by atomic mass is 16.5. The van der Waals surface area contributed by atoms with Gasteiger partial charge in [-0.15, -0.1) is 0 Å². The lowest BCUT2D eigenvalue weighted by atomic mass is 9.94. The molecular formula is C28H31N3O. The number of imidazole rings is 1. The van der Waals surface area contributed by atoms with Gasteiger partial charge in [-0.2, -0.15) is 0 Å². The Morgan fingerprint density at radius 2 is 1.66 bits per heavy atom. The Morgan fingerprint density at radius 1 is 0.938 bits per heavy atom. The summed E-state index contributed by atoms with van der Waals surface area (Å²) in [5, 5.41) is 3.87. The molecule has 164 valence electrons. The summed E-state index contributed by atoms with van der Waals surface area (Å²) in [6.07, 6.45) is 8.47. The van der Waals surface area contributed by atoms with Crippen LogP contribution in [0.4, 0.5) is 5.82 Å². The number of ether oxygens (including phenoxy) is 1. The molecule has 2 heterocycles. The van der Waals surface area contributed by atoms with Gasteiger partial charge >= 0.3 is 0 Å². The van der Waals surface area contributed by atoms with Crippen molar-refractivity contribution in [3.05, 3.63) is 95.8 Å². The van der Waals surface area contributed by atoms with E-state index in [0.29, 0.717) is 12.6 Å². The van der Waals surface area contributed by atoms with E-state index in [2.05, 4.69) is 71.4 Å². The van der Waals surface area contributed by atoms with Crippen molar-refractivity contribution in [1.82, 2.24) is 9.38 Å². The fourth-order valence-corrected chi connectivity index (χ4v) is 4.69. The standard InChI is InChI=1S/C28H31N3O/c1-21(23-14-7-3-8-15-23)26-28(29-24-16-9-4-10-17-24)31-19-11-18-25(27(31)30-26)32-20-22-12-5-2-6-13-22/h2-3,5-8,11-15,18-19,21,24,29H,4,9-10,16-17,20H2,1H3. The van der Waals surface area contributed by atoms with Crippen molar-refractivity contribution in [1.29, 1.82) is 0 Å². The van der Waals surface area contributed by atoms with Crippen molar-refractivity contribution in [2.45, 2.75) is 57.6 Å². The lowest BCUT2D eigenvalue weighted by Gasteiger charge is -2.25. The Hall–Kier alpha value is -3.27. The summed E-state index contributed by atoms with van der Waals surface area (Å²) in [5.41, 5.74) is 4.38. The number of fused-ring (bicyclic) bond motifs is 1. The quantitative estimate of drug-likeness (QED) is 0.353. The van der Waals surface area contributed by atoms with Crippen molar-refractivity contribution in [2.75, 3.05) is 5.32 Å². The van der Waals surface area contributed by atoms with Gasteiger partial charge in [0.25, 0.3) is 0 Å². The van der Waals surface area contributed by atoms with Crippen LogP contribution in [-0.2, 0) is 6.61 Å². The molecule has 1 aliphatic carbocycles. The molecule has 1 saturated carbocycles. The van der Waals surface area contributed by atoms with Crippen LogP contribution in [-0.4, -0.2) is 15.4 Å². The molecule has 0 saturated heterocycles. The van der Waals surface area contributed by atoms with E-state index in [1.54, 1.807) is 0 Å². The van der Waals surface area contributed by atoms with Gasteiger partial charge in [0.1, 0.15) is 12.4 Å². The van der Waals surface area contributed by atoms with Gasteiger partial charge in [0.2, 0.25) is 0 Å². The van der Waals surface area contributed by atoms with Gasteiger partial charge in [-0.3, -0.25) is 4.40 Å². The minimum absolute atomic E-state index is 0.184. The highest BCUT2D eigenvalue weighted by Gasteiger charge is 2.24. The molecule has 1 aliphatic rings. The summed E-state index contributed by atoms with van der Waals surface area (Å²) in [6.45, 7) is 2.77. The van der Waals surface area contributed by atoms with Gasteiger partial charge in [0.15, 0.2) is 11.4 Å². The lowest BCUT2D eigenvalue weighted by Crippen LogP contribution is -2.24. The third-order valence-electron chi connectivity index (χ3n) is 6.53. The molecule has 32 heavy (non-hydrogen) atoms. The Bertz CT molecular complexity index is 1150. The first kappa shape index (κ1) is 20.6. The summed E-state index contributed by atoms with van der Waals surface area (Å²) >= 11 is 0. The van der Waals surface area contributed by atoms with Crippen LogP contribution < -0.4 is 10.1 Å².